The Bertz CT molecular complexity index is 450. The highest BCUT2D eigenvalue weighted by Gasteiger charge is 2.31. The Morgan fingerprint density at radius 3 is 2.52 bits per heavy atom. The van der Waals surface area contributed by atoms with Gasteiger partial charge in [-0.1, -0.05) is 25.3 Å². The van der Waals surface area contributed by atoms with Gasteiger partial charge < -0.3 is 10.4 Å². The number of phenolic OH excluding ortho intramolecular Hbond substituents is 1. The molecule has 0 bridgehead atoms. The minimum atomic E-state index is -0.497. The number of rotatable bonds is 3. The van der Waals surface area contributed by atoms with Gasteiger partial charge in [0.1, 0.15) is 0 Å². The van der Waals surface area contributed by atoms with E-state index < -0.39 is 5.82 Å². The smallest absolute Gasteiger partial charge is 0.165 e. The van der Waals surface area contributed by atoms with Crippen LogP contribution in [0.5, 0.6) is 5.75 Å². The molecule has 4 heteroatoms. The SMILES string of the molecule is Oc1ccc([C@H](C2CCCCC2)N2CCNCC2)cc1F. The summed E-state index contributed by atoms with van der Waals surface area (Å²) >= 11 is 0. The third-order valence-corrected chi connectivity index (χ3v) is 4.95. The molecule has 1 saturated heterocycles. The van der Waals surface area contributed by atoms with Gasteiger partial charge >= 0.3 is 0 Å². The molecule has 1 atom stereocenters. The molecule has 3 nitrogen and oxygen atoms in total. The second kappa shape index (κ2) is 6.75. The zero-order valence-corrected chi connectivity index (χ0v) is 12.5. The van der Waals surface area contributed by atoms with Crippen LogP contribution in [0.2, 0.25) is 0 Å². The van der Waals surface area contributed by atoms with Crippen molar-refractivity contribution in [2.45, 2.75) is 38.1 Å². The number of phenols is 1. The maximum atomic E-state index is 13.8. The van der Waals surface area contributed by atoms with Gasteiger partial charge in [0.15, 0.2) is 11.6 Å². The Balaban J connectivity index is 1.87. The van der Waals surface area contributed by atoms with E-state index in [1.807, 2.05) is 6.07 Å². The lowest BCUT2D eigenvalue weighted by Gasteiger charge is -2.41. The van der Waals surface area contributed by atoms with Crippen LogP contribution in [0.15, 0.2) is 18.2 Å². The molecule has 1 saturated carbocycles. The van der Waals surface area contributed by atoms with Crippen LogP contribution in [0.1, 0.15) is 43.7 Å². The van der Waals surface area contributed by atoms with E-state index in [0.29, 0.717) is 12.0 Å². The summed E-state index contributed by atoms with van der Waals surface area (Å²) in [6.07, 6.45) is 6.37. The van der Waals surface area contributed by atoms with Crippen LogP contribution < -0.4 is 5.32 Å². The van der Waals surface area contributed by atoms with Crippen molar-refractivity contribution in [1.82, 2.24) is 10.2 Å². The van der Waals surface area contributed by atoms with Crippen molar-refractivity contribution in [3.05, 3.63) is 29.6 Å². The van der Waals surface area contributed by atoms with Crippen LogP contribution in [0.4, 0.5) is 4.39 Å². The first-order valence-corrected chi connectivity index (χ1v) is 8.19. The lowest BCUT2D eigenvalue weighted by molar-refractivity contribution is 0.103. The van der Waals surface area contributed by atoms with Crippen LogP contribution in [-0.4, -0.2) is 36.2 Å². The average Bonchev–Trinajstić information content (AvgIpc) is 2.53. The van der Waals surface area contributed by atoms with Gasteiger partial charge in [0.2, 0.25) is 0 Å². The molecule has 2 fully saturated rings. The molecule has 3 rings (SSSR count). The second-order valence-corrected chi connectivity index (χ2v) is 6.34. The lowest BCUT2D eigenvalue weighted by atomic mass is 9.80. The number of nitrogens with one attached hydrogen (secondary N) is 1. The molecule has 2 N–H and O–H groups in total. The van der Waals surface area contributed by atoms with Gasteiger partial charge in [-0.15, -0.1) is 0 Å². The maximum absolute atomic E-state index is 13.8. The minimum Gasteiger partial charge on any atom is -0.505 e. The molecule has 1 aromatic rings. The van der Waals surface area contributed by atoms with Crippen molar-refractivity contribution >= 4 is 0 Å². The number of hydrogen-bond acceptors (Lipinski definition) is 3. The Morgan fingerprint density at radius 1 is 1.14 bits per heavy atom. The van der Waals surface area contributed by atoms with Crippen LogP contribution in [0, 0.1) is 11.7 Å². The quantitative estimate of drug-likeness (QED) is 0.899. The van der Waals surface area contributed by atoms with Crippen molar-refractivity contribution in [1.29, 1.82) is 0 Å². The lowest BCUT2D eigenvalue weighted by Crippen LogP contribution is -2.47. The summed E-state index contributed by atoms with van der Waals surface area (Å²) in [4.78, 5) is 2.50. The summed E-state index contributed by atoms with van der Waals surface area (Å²) in [5.74, 6) is -0.134. The molecule has 116 valence electrons. The topological polar surface area (TPSA) is 35.5 Å². The number of benzene rings is 1. The molecule has 1 heterocycles. The van der Waals surface area contributed by atoms with Gasteiger partial charge in [-0.3, -0.25) is 4.90 Å². The highest BCUT2D eigenvalue weighted by Crippen LogP contribution is 2.39. The fourth-order valence-electron chi connectivity index (χ4n) is 3.90. The van der Waals surface area contributed by atoms with Gasteiger partial charge in [0, 0.05) is 32.2 Å². The van der Waals surface area contributed by atoms with Crippen LogP contribution in [-0.2, 0) is 0 Å². The first kappa shape index (κ1) is 14.8. The van der Waals surface area contributed by atoms with E-state index in [1.54, 1.807) is 0 Å². The summed E-state index contributed by atoms with van der Waals surface area (Å²) in [6.45, 7) is 4.04. The summed E-state index contributed by atoms with van der Waals surface area (Å²) in [6, 6.07) is 5.24. The van der Waals surface area contributed by atoms with Crippen LogP contribution in [0.25, 0.3) is 0 Å². The van der Waals surface area contributed by atoms with Crippen molar-refractivity contribution < 1.29 is 9.50 Å². The summed E-state index contributed by atoms with van der Waals surface area (Å²) in [7, 11) is 0. The number of hydrogen-bond donors (Lipinski definition) is 2. The first-order valence-electron chi connectivity index (χ1n) is 8.19. The van der Waals surface area contributed by atoms with E-state index in [2.05, 4.69) is 10.2 Å². The van der Waals surface area contributed by atoms with Crippen molar-refractivity contribution in [3.8, 4) is 5.75 Å². The van der Waals surface area contributed by atoms with E-state index in [9.17, 15) is 9.50 Å². The highest BCUT2D eigenvalue weighted by atomic mass is 19.1. The molecule has 0 spiro atoms. The highest BCUT2D eigenvalue weighted by molar-refractivity contribution is 5.30. The Hall–Kier alpha value is -1.13. The molecule has 0 aromatic heterocycles. The summed E-state index contributed by atoms with van der Waals surface area (Å²) < 4.78 is 13.8. The third-order valence-electron chi connectivity index (χ3n) is 4.95. The molecule has 0 unspecified atom stereocenters. The van der Waals surface area contributed by atoms with Crippen LogP contribution >= 0.6 is 0 Å². The zero-order chi connectivity index (χ0) is 14.7. The molecular formula is C17H25FN2O. The number of aromatic hydroxyl groups is 1. The standard InChI is InChI=1S/C17H25FN2O/c18-15-12-14(6-7-16(15)21)17(13-4-2-1-3-5-13)20-10-8-19-9-11-20/h6-7,12-13,17,19,21H,1-5,8-11H2/t17-/m0/s1. The van der Waals surface area contributed by atoms with Crippen molar-refractivity contribution in [3.63, 3.8) is 0 Å². The number of piperazine rings is 1. The molecule has 0 radical (unpaired) electrons. The Labute approximate surface area is 126 Å². The number of halogens is 1. The van der Waals surface area contributed by atoms with Gasteiger partial charge in [0.25, 0.3) is 0 Å². The molecule has 1 aliphatic heterocycles. The Kier molecular flexibility index (Phi) is 4.76. The molecule has 0 amide bonds. The van der Waals surface area contributed by atoms with E-state index in [-0.39, 0.29) is 5.75 Å². The van der Waals surface area contributed by atoms with Gasteiger partial charge in [-0.2, -0.15) is 0 Å². The fraction of sp³-hybridized carbons (Fsp3) is 0.647. The summed E-state index contributed by atoms with van der Waals surface area (Å²) in [5, 5.41) is 12.8. The van der Waals surface area contributed by atoms with Crippen LogP contribution in [0.3, 0.4) is 0 Å². The van der Waals surface area contributed by atoms with E-state index in [1.165, 1.54) is 44.2 Å². The molecule has 2 aliphatic rings. The predicted molar refractivity (Wildman–Crippen MR) is 81.8 cm³/mol. The monoisotopic (exact) mass is 292 g/mol. The molecule has 1 aliphatic carbocycles. The van der Waals surface area contributed by atoms with Gasteiger partial charge in [-0.25, -0.2) is 4.39 Å². The molecule has 1 aromatic carbocycles. The molecule has 21 heavy (non-hydrogen) atoms. The van der Waals surface area contributed by atoms with Crippen molar-refractivity contribution in [2.24, 2.45) is 5.92 Å². The predicted octanol–water partition coefficient (Wildman–Crippen LogP) is 3.06. The van der Waals surface area contributed by atoms with E-state index in [0.717, 1.165) is 31.7 Å². The van der Waals surface area contributed by atoms with E-state index >= 15 is 0 Å². The van der Waals surface area contributed by atoms with Gasteiger partial charge in [0.05, 0.1) is 0 Å². The normalized spacial score (nSPS) is 23.1. The fourth-order valence-corrected chi connectivity index (χ4v) is 3.90. The van der Waals surface area contributed by atoms with Crippen molar-refractivity contribution in [2.75, 3.05) is 26.2 Å². The second-order valence-electron chi connectivity index (χ2n) is 6.34. The first-order chi connectivity index (χ1) is 10.3. The number of nitrogens with zero attached hydrogens (tertiary/aromatic N) is 1. The Morgan fingerprint density at radius 2 is 1.86 bits per heavy atom. The summed E-state index contributed by atoms with van der Waals surface area (Å²) in [5.41, 5.74) is 1.03. The average molecular weight is 292 g/mol. The zero-order valence-electron chi connectivity index (χ0n) is 12.5. The third kappa shape index (κ3) is 3.38. The maximum Gasteiger partial charge on any atom is 0.165 e. The molecular weight excluding hydrogens is 267 g/mol. The van der Waals surface area contributed by atoms with E-state index in [4.69, 9.17) is 0 Å². The van der Waals surface area contributed by atoms with Gasteiger partial charge in [-0.05, 0) is 36.5 Å². The minimum absolute atomic E-state index is 0.249. The largest absolute Gasteiger partial charge is 0.505 e.